The van der Waals surface area contributed by atoms with Gasteiger partial charge in [-0.3, -0.25) is 4.79 Å². The molecule has 0 aliphatic carbocycles. The van der Waals surface area contributed by atoms with Crippen molar-refractivity contribution in [3.8, 4) is 12.3 Å². The van der Waals surface area contributed by atoms with E-state index in [9.17, 15) is 4.79 Å². The molecule has 0 saturated heterocycles. The maximum Gasteiger partial charge on any atom is 0.222 e. The van der Waals surface area contributed by atoms with Gasteiger partial charge in [-0.25, -0.2) is 0 Å². The molecule has 0 aromatic heterocycles. The number of terminal acetylenes is 1. The highest BCUT2D eigenvalue weighted by Crippen LogP contribution is 2.09. The highest BCUT2D eigenvalue weighted by Gasteiger charge is 2.02. The van der Waals surface area contributed by atoms with Crippen LogP contribution in [-0.4, -0.2) is 31.4 Å². The molecule has 0 aliphatic rings. The van der Waals surface area contributed by atoms with Gasteiger partial charge in [0.2, 0.25) is 5.91 Å². The van der Waals surface area contributed by atoms with E-state index < -0.39 is 0 Å². The highest BCUT2D eigenvalue weighted by atomic mass is 16.2. The third-order valence-electron chi connectivity index (χ3n) is 2.42. The van der Waals surface area contributed by atoms with Gasteiger partial charge in [0.1, 0.15) is 0 Å². The lowest BCUT2D eigenvalue weighted by Crippen LogP contribution is -2.22. The zero-order valence-corrected chi connectivity index (χ0v) is 10.4. The van der Waals surface area contributed by atoms with Gasteiger partial charge in [-0.15, -0.1) is 6.42 Å². The summed E-state index contributed by atoms with van der Waals surface area (Å²) in [6.07, 6.45) is 6.70. The van der Waals surface area contributed by atoms with Crippen LogP contribution in [0.1, 0.15) is 18.4 Å². The molecule has 17 heavy (non-hydrogen) atoms. The second kappa shape index (κ2) is 6.59. The van der Waals surface area contributed by atoms with Crippen molar-refractivity contribution >= 4 is 11.6 Å². The molecule has 0 saturated carbocycles. The highest BCUT2D eigenvalue weighted by molar-refractivity contribution is 5.75. The van der Waals surface area contributed by atoms with Gasteiger partial charge in [-0.05, 0) is 24.6 Å². The molecule has 0 unspecified atom stereocenters. The van der Waals surface area contributed by atoms with Crippen molar-refractivity contribution < 1.29 is 4.79 Å². The molecule has 0 bridgehead atoms. The monoisotopic (exact) mass is 230 g/mol. The van der Waals surface area contributed by atoms with Crippen molar-refractivity contribution in [2.75, 3.05) is 26.0 Å². The van der Waals surface area contributed by atoms with Crippen molar-refractivity contribution in [3.63, 3.8) is 0 Å². The summed E-state index contributed by atoms with van der Waals surface area (Å²) < 4.78 is 0. The quantitative estimate of drug-likeness (QED) is 0.619. The first-order valence-corrected chi connectivity index (χ1v) is 5.64. The second-order valence-electron chi connectivity index (χ2n) is 4.04. The van der Waals surface area contributed by atoms with Gasteiger partial charge in [-0.1, -0.05) is 12.0 Å². The smallest absolute Gasteiger partial charge is 0.222 e. The Labute approximate surface area is 103 Å². The van der Waals surface area contributed by atoms with E-state index in [1.165, 1.54) is 0 Å². The summed E-state index contributed by atoms with van der Waals surface area (Å²) in [5.41, 5.74) is 1.86. The molecule has 3 heteroatoms. The average Bonchev–Trinajstić information content (AvgIpc) is 2.34. The van der Waals surface area contributed by atoms with Crippen molar-refractivity contribution in [1.29, 1.82) is 0 Å². The Morgan fingerprint density at radius 3 is 2.88 bits per heavy atom. The molecule has 0 heterocycles. The fraction of sp³-hybridized carbons (Fsp3) is 0.357. The Bertz CT molecular complexity index is 418. The molecule has 1 rings (SSSR count). The van der Waals surface area contributed by atoms with Gasteiger partial charge < -0.3 is 10.2 Å². The zero-order valence-electron chi connectivity index (χ0n) is 10.4. The lowest BCUT2D eigenvalue weighted by Gasteiger charge is -2.10. The molecule has 0 atom stereocenters. The number of carbonyl (C=O) groups is 1. The number of hydrogen-bond acceptors (Lipinski definition) is 2. The van der Waals surface area contributed by atoms with Crippen LogP contribution in [0, 0.1) is 12.3 Å². The minimum Gasteiger partial charge on any atom is -0.385 e. The van der Waals surface area contributed by atoms with E-state index in [1.807, 2.05) is 24.3 Å². The van der Waals surface area contributed by atoms with Crippen LogP contribution < -0.4 is 5.32 Å². The SMILES string of the molecule is C#Cc1cccc(NCCCC(=O)N(C)C)c1. The first-order valence-electron chi connectivity index (χ1n) is 5.64. The summed E-state index contributed by atoms with van der Waals surface area (Å²) in [7, 11) is 3.54. The first-order chi connectivity index (χ1) is 8.13. The number of hydrogen-bond donors (Lipinski definition) is 1. The summed E-state index contributed by atoms with van der Waals surface area (Å²) >= 11 is 0. The molecule has 90 valence electrons. The van der Waals surface area contributed by atoms with Crippen LogP contribution in [0.3, 0.4) is 0 Å². The van der Waals surface area contributed by atoms with E-state index in [0.29, 0.717) is 6.42 Å². The van der Waals surface area contributed by atoms with Gasteiger partial charge in [0, 0.05) is 38.3 Å². The Kier molecular flexibility index (Phi) is 5.09. The number of carbonyl (C=O) groups excluding carboxylic acids is 1. The summed E-state index contributed by atoms with van der Waals surface area (Å²) in [5.74, 6) is 2.75. The van der Waals surface area contributed by atoms with Crippen LogP contribution in [0.2, 0.25) is 0 Å². The van der Waals surface area contributed by atoms with E-state index in [4.69, 9.17) is 6.42 Å². The Balaban J connectivity index is 2.31. The van der Waals surface area contributed by atoms with Crippen LogP contribution in [0.4, 0.5) is 5.69 Å². The topological polar surface area (TPSA) is 32.3 Å². The van der Waals surface area contributed by atoms with E-state index in [2.05, 4.69) is 11.2 Å². The fourth-order valence-electron chi connectivity index (χ4n) is 1.41. The third kappa shape index (κ3) is 4.60. The van der Waals surface area contributed by atoms with Crippen molar-refractivity contribution in [2.24, 2.45) is 0 Å². The van der Waals surface area contributed by atoms with Crippen LogP contribution >= 0.6 is 0 Å². The van der Waals surface area contributed by atoms with E-state index in [1.54, 1.807) is 19.0 Å². The maximum atomic E-state index is 11.3. The molecule has 1 aromatic rings. The van der Waals surface area contributed by atoms with Gasteiger partial charge in [0.15, 0.2) is 0 Å². The molecule has 1 aromatic carbocycles. The van der Waals surface area contributed by atoms with Gasteiger partial charge >= 0.3 is 0 Å². The van der Waals surface area contributed by atoms with Crippen LogP contribution in [0.25, 0.3) is 0 Å². The van der Waals surface area contributed by atoms with E-state index in [0.717, 1.165) is 24.2 Å². The number of benzene rings is 1. The van der Waals surface area contributed by atoms with Gasteiger partial charge in [0.25, 0.3) is 0 Å². The minimum atomic E-state index is 0.157. The fourth-order valence-corrected chi connectivity index (χ4v) is 1.41. The predicted molar refractivity (Wildman–Crippen MR) is 70.8 cm³/mol. The largest absolute Gasteiger partial charge is 0.385 e. The number of rotatable bonds is 5. The lowest BCUT2D eigenvalue weighted by atomic mass is 10.2. The number of nitrogens with one attached hydrogen (secondary N) is 1. The zero-order chi connectivity index (χ0) is 12.7. The summed E-state index contributed by atoms with van der Waals surface area (Å²) in [4.78, 5) is 12.9. The van der Waals surface area contributed by atoms with Gasteiger partial charge in [0.05, 0.1) is 0 Å². The first kappa shape index (κ1) is 13.1. The minimum absolute atomic E-state index is 0.157. The standard InChI is InChI=1S/C14H18N2O/c1-4-12-7-5-8-13(11-12)15-10-6-9-14(17)16(2)3/h1,5,7-8,11,15H,6,9-10H2,2-3H3. The van der Waals surface area contributed by atoms with Crippen molar-refractivity contribution in [3.05, 3.63) is 29.8 Å². The Morgan fingerprint density at radius 2 is 2.24 bits per heavy atom. The lowest BCUT2D eigenvalue weighted by molar-refractivity contribution is -0.128. The van der Waals surface area contributed by atoms with Gasteiger partial charge in [-0.2, -0.15) is 0 Å². The summed E-state index contributed by atoms with van der Waals surface area (Å²) in [5, 5.41) is 3.25. The van der Waals surface area contributed by atoms with E-state index >= 15 is 0 Å². The number of amides is 1. The molecule has 0 fully saturated rings. The maximum absolute atomic E-state index is 11.3. The molecule has 1 N–H and O–H groups in total. The molecular weight excluding hydrogens is 212 g/mol. The second-order valence-corrected chi connectivity index (χ2v) is 4.04. The molecule has 1 amide bonds. The molecule has 0 radical (unpaired) electrons. The Hall–Kier alpha value is -1.95. The van der Waals surface area contributed by atoms with Crippen LogP contribution in [-0.2, 0) is 4.79 Å². The number of anilines is 1. The third-order valence-corrected chi connectivity index (χ3v) is 2.42. The van der Waals surface area contributed by atoms with Crippen molar-refractivity contribution in [1.82, 2.24) is 4.90 Å². The summed E-state index contributed by atoms with van der Waals surface area (Å²) in [6.45, 7) is 0.771. The van der Waals surface area contributed by atoms with E-state index in [-0.39, 0.29) is 5.91 Å². The molecule has 0 spiro atoms. The molecular formula is C14H18N2O. The Morgan fingerprint density at radius 1 is 1.47 bits per heavy atom. The van der Waals surface area contributed by atoms with Crippen LogP contribution in [0.5, 0.6) is 0 Å². The van der Waals surface area contributed by atoms with Crippen LogP contribution in [0.15, 0.2) is 24.3 Å². The predicted octanol–water partition coefficient (Wildman–Crippen LogP) is 1.95. The average molecular weight is 230 g/mol. The van der Waals surface area contributed by atoms with Crippen molar-refractivity contribution in [2.45, 2.75) is 12.8 Å². The number of nitrogens with zero attached hydrogens (tertiary/aromatic N) is 1. The molecule has 3 nitrogen and oxygen atoms in total. The normalized spacial score (nSPS) is 9.47. The molecule has 0 aliphatic heterocycles. The summed E-state index contributed by atoms with van der Waals surface area (Å²) in [6, 6.07) is 7.70.